The normalized spacial score (nSPS) is 23.6. The van der Waals surface area contributed by atoms with Gasteiger partial charge in [0, 0.05) is 11.8 Å². The van der Waals surface area contributed by atoms with Gasteiger partial charge in [-0.25, -0.2) is 4.98 Å². The van der Waals surface area contributed by atoms with E-state index in [1.807, 2.05) is 24.4 Å². The number of anilines is 1. The molecule has 1 aromatic carbocycles. The molecule has 9 heteroatoms. The van der Waals surface area contributed by atoms with Crippen molar-refractivity contribution in [2.75, 3.05) is 11.9 Å². The molecule has 3 aliphatic rings. The Bertz CT molecular complexity index is 1260. The third-order valence-corrected chi connectivity index (χ3v) is 6.00. The van der Waals surface area contributed by atoms with Crippen LogP contribution in [0.25, 0.3) is 0 Å². The molecule has 1 aromatic heterocycles. The topological polar surface area (TPSA) is 129 Å². The average Bonchev–Trinajstić information content (AvgIpc) is 3.17. The van der Waals surface area contributed by atoms with E-state index in [9.17, 15) is 4.79 Å². The largest absolute Gasteiger partial charge is 0.308 e. The Hall–Kier alpha value is -3.97. The van der Waals surface area contributed by atoms with E-state index in [1.54, 1.807) is 30.6 Å². The fourth-order valence-electron chi connectivity index (χ4n) is 4.28. The number of piperidine rings is 1. The van der Waals surface area contributed by atoms with E-state index in [2.05, 4.69) is 20.6 Å². The van der Waals surface area contributed by atoms with Crippen LogP contribution >= 0.6 is 0 Å². The third-order valence-electron chi connectivity index (χ3n) is 6.00. The van der Waals surface area contributed by atoms with E-state index in [1.165, 1.54) is 12.3 Å². The number of nitriles is 1. The van der Waals surface area contributed by atoms with Crippen molar-refractivity contribution in [1.82, 2.24) is 10.3 Å². The van der Waals surface area contributed by atoms with Gasteiger partial charge in [0.1, 0.15) is 17.7 Å². The molecule has 4 N–H and O–H groups in total. The highest BCUT2D eigenvalue weighted by molar-refractivity contribution is 6.05. The second-order valence-corrected chi connectivity index (χ2v) is 8.14. The molecule has 2 aromatic rings. The Morgan fingerprint density at radius 3 is 2.85 bits per heavy atom. The van der Waals surface area contributed by atoms with Gasteiger partial charge in [0.15, 0.2) is 0 Å². The zero-order valence-electron chi connectivity index (χ0n) is 17.9. The maximum Gasteiger partial charge on any atom is 0.264 e. The first-order chi connectivity index (χ1) is 16.1. The number of allylic oxidation sites excluding steroid dienone is 1. The van der Waals surface area contributed by atoms with E-state index in [0.29, 0.717) is 22.8 Å². The zero-order valence-corrected chi connectivity index (χ0v) is 17.9. The number of pyridine rings is 1. The first-order valence-corrected chi connectivity index (χ1v) is 10.8. The first kappa shape index (κ1) is 20.9. The summed E-state index contributed by atoms with van der Waals surface area (Å²) in [6.07, 6.45) is 10.1. The second kappa shape index (κ2) is 8.52. The standard InChI is InChI=1S/C24H22N8O/c25-14-16-8-10-29-21(13-16)30-24(33)18-6-4-17(5-7-18)23-31-22(19-3-1-2-9-28-19)20-15-27-11-12-32(20,23)26/h4-8,10-13,15,19,28H,1-3,9,26H2/p+1. The van der Waals surface area contributed by atoms with Gasteiger partial charge in [-0.1, -0.05) is 6.42 Å². The van der Waals surface area contributed by atoms with Crippen molar-refractivity contribution in [3.63, 3.8) is 0 Å². The number of nitrogens with two attached hydrogens (primary N) is 1. The summed E-state index contributed by atoms with van der Waals surface area (Å²) in [6.45, 7) is 0.958. The highest BCUT2D eigenvalue weighted by atomic mass is 16.1. The van der Waals surface area contributed by atoms with Crippen LogP contribution in [0.4, 0.5) is 5.82 Å². The molecule has 0 radical (unpaired) electrons. The molecule has 33 heavy (non-hydrogen) atoms. The van der Waals surface area contributed by atoms with Crippen molar-refractivity contribution in [3.05, 3.63) is 83.1 Å². The maximum absolute atomic E-state index is 12.7. The number of amidine groups is 1. The number of carbonyl (C=O) groups excluding carboxylic acids is 1. The molecule has 3 aliphatic heterocycles. The summed E-state index contributed by atoms with van der Waals surface area (Å²) in [6, 6.07) is 12.4. The minimum atomic E-state index is -0.315. The third kappa shape index (κ3) is 3.87. The SMILES string of the molecule is N#Cc1ccnc(NC(=O)c2ccc(C3=NC(C4CCCCN4)=C4C=NC=C[N+]34N)cc2)c1. The first-order valence-electron chi connectivity index (χ1n) is 10.8. The fraction of sp³-hybridized carbons (Fsp3) is 0.208. The van der Waals surface area contributed by atoms with Crippen LogP contribution < -0.4 is 16.5 Å². The van der Waals surface area contributed by atoms with Crippen molar-refractivity contribution >= 4 is 23.8 Å². The van der Waals surface area contributed by atoms with E-state index in [4.69, 9.17) is 16.1 Å². The van der Waals surface area contributed by atoms with Crippen LogP contribution in [0.3, 0.4) is 0 Å². The predicted molar refractivity (Wildman–Crippen MR) is 125 cm³/mol. The van der Waals surface area contributed by atoms with Gasteiger partial charge in [0.2, 0.25) is 5.70 Å². The molecule has 1 fully saturated rings. The lowest BCUT2D eigenvalue weighted by Gasteiger charge is -2.27. The molecule has 164 valence electrons. The number of nitrogens with zero attached hydrogens (tertiary/aromatic N) is 5. The Kier molecular flexibility index (Phi) is 5.40. The zero-order chi connectivity index (χ0) is 22.8. The molecule has 0 saturated carbocycles. The van der Waals surface area contributed by atoms with E-state index < -0.39 is 0 Å². The van der Waals surface area contributed by atoms with Crippen LogP contribution in [-0.4, -0.2) is 40.1 Å². The van der Waals surface area contributed by atoms with Crippen LogP contribution in [0.2, 0.25) is 0 Å². The molecule has 0 bridgehead atoms. The molecule has 9 nitrogen and oxygen atoms in total. The van der Waals surface area contributed by atoms with Gasteiger partial charge in [-0.3, -0.25) is 9.79 Å². The van der Waals surface area contributed by atoms with Gasteiger partial charge >= 0.3 is 0 Å². The van der Waals surface area contributed by atoms with Crippen LogP contribution in [0.15, 0.2) is 76.4 Å². The van der Waals surface area contributed by atoms with Gasteiger partial charge in [-0.05, 0) is 55.8 Å². The molecule has 1 saturated heterocycles. The quantitative estimate of drug-likeness (QED) is 0.498. The molecule has 0 aliphatic carbocycles. The van der Waals surface area contributed by atoms with Gasteiger partial charge in [0.05, 0.1) is 35.7 Å². The summed E-state index contributed by atoms with van der Waals surface area (Å²) >= 11 is 0. The average molecular weight is 440 g/mol. The van der Waals surface area contributed by atoms with Gasteiger partial charge in [0.25, 0.3) is 11.7 Å². The van der Waals surface area contributed by atoms with Crippen LogP contribution in [0.5, 0.6) is 0 Å². The number of amides is 1. The van der Waals surface area contributed by atoms with Crippen molar-refractivity contribution < 1.29 is 9.39 Å². The number of hydrogen-bond donors (Lipinski definition) is 3. The van der Waals surface area contributed by atoms with Gasteiger partial charge in [-0.2, -0.15) is 16.1 Å². The summed E-state index contributed by atoms with van der Waals surface area (Å²) in [4.78, 5) is 26.0. The molecule has 1 amide bonds. The lowest BCUT2D eigenvalue weighted by atomic mass is 10.0. The Balaban J connectivity index is 1.40. The number of benzene rings is 1. The molecular formula is C24H23N8O+. The fourth-order valence-corrected chi connectivity index (χ4v) is 4.28. The lowest BCUT2D eigenvalue weighted by molar-refractivity contribution is -0.750. The number of rotatable bonds is 4. The smallest absolute Gasteiger partial charge is 0.264 e. The maximum atomic E-state index is 12.7. The van der Waals surface area contributed by atoms with Gasteiger partial charge < -0.3 is 10.6 Å². The monoisotopic (exact) mass is 439 g/mol. The molecule has 0 spiro atoms. The number of carbonyl (C=O) groups is 1. The summed E-state index contributed by atoms with van der Waals surface area (Å²) in [5.74, 6) is 7.49. The van der Waals surface area contributed by atoms with Crippen LogP contribution in [-0.2, 0) is 0 Å². The van der Waals surface area contributed by atoms with Crippen molar-refractivity contribution in [3.8, 4) is 6.07 Å². The second-order valence-electron chi connectivity index (χ2n) is 8.14. The summed E-state index contributed by atoms with van der Waals surface area (Å²) in [7, 11) is 0. The predicted octanol–water partition coefficient (Wildman–Crippen LogP) is 2.57. The number of aromatic nitrogens is 1. The minimum absolute atomic E-state index is 0.0482. The highest BCUT2D eigenvalue weighted by Crippen LogP contribution is 2.34. The molecule has 2 unspecified atom stereocenters. The number of hydrogen-bond acceptors (Lipinski definition) is 7. The molecule has 4 heterocycles. The highest BCUT2D eigenvalue weighted by Gasteiger charge is 2.45. The molecular weight excluding hydrogens is 416 g/mol. The number of quaternary nitrogens is 1. The van der Waals surface area contributed by atoms with Crippen LogP contribution in [0, 0.1) is 11.3 Å². The van der Waals surface area contributed by atoms with Crippen LogP contribution in [0.1, 0.15) is 40.7 Å². The lowest BCUT2D eigenvalue weighted by Crippen LogP contribution is -2.53. The van der Waals surface area contributed by atoms with Gasteiger partial charge in [-0.15, -0.1) is 4.59 Å². The van der Waals surface area contributed by atoms with E-state index in [-0.39, 0.29) is 16.5 Å². The summed E-state index contributed by atoms with van der Waals surface area (Å²) in [5.41, 5.74) is 3.49. The number of nitrogens with one attached hydrogen (secondary N) is 2. The number of aliphatic imine (C=N–C) groups is 2. The minimum Gasteiger partial charge on any atom is -0.308 e. The Labute approximate surface area is 191 Å². The van der Waals surface area contributed by atoms with Crippen molar-refractivity contribution in [2.45, 2.75) is 25.3 Å². The Morgan fingerprint density at radius 2 is 2.09 bits per heavy atom. The van der Waals surface area contributed by atoms with Crippen molar-refractivity contribution in [2.24, 2.45) is 15.8 Å². The van der Waals surface area contributed by atoms with Crippen molar-refractivity contribution in [1.29, 1.82) is 5.26 Å². The Morgan fingerprint density at radius 1 is 1.24 bits per heavy atom. The van der Waals surface area contributed by atoms with E-state index in [0.717, 1.165) is 42.8 Å². The summed E-state index contributed by atoms with van der Waals surface area (Å²) < 4.78 is -0.0482. The summed E-state index contributed by atoms with van der Waals surface area (Å²) in [5, 5.41) is 15.3. The molecule has 2 atom stereocenters. The number of fused-ring (bicyclic) bond motifs is 1. The molecule has 5 rings (SSSR count). The van der Waals surface area contributed by atoms with E-state index >= 15 is 0 Å².